The highest BCUT2D eigenvalue weighted by Gasteiger charge is 2.18. The van der Waals surface area contributed by atoms with E-state index in [0.717, 1.165) is 11.3 Å². The maximum Gasteiger partial charge on any atom is 0.172 e. The molecular formula is C16H20O3S. The number of carbonyl (C=O) groups is 1. The van der Waals surface area contributed by atoms with Crippen molar-refractivity contribution in [3.05, 3.63) is 23.8 Å². The van der Waals surface area contributed by atoms with E-state index in [1.165, 1.54) is 32.1 Å². The van der Waals surface area contributed by atoms with Crippen LogP contribution in [0.1, 0.15) is 42.5 Å². The summed E-state index contributed by atoms with van der Waals surface area (Å²) in [5.41, 5.74) is 0.734. The minimum Gasteiger partial charge on any atom is -0.486 e. The van der Waals surface area contributed by atoms with Crippen molar-refractivity contribution in [1.82, 2.24) is 0 Å². The molecule has 0 radical (unpaired) electrons. The predicted molar refractivity (Wildman–Crippen MR) is 81.1 cm³/mol. The van der Waals surface area contributed by atoms with E-state index >= 15 is 0 Å². The second-order valence-corrected chi connectivity index (χ2v) is 6.64. The van der Waals surface area contributed by atoms with Gasteiger partial charge in [0.2, 0.25) is 0 Å². The van der Waals surface area contributed by atoms with Crippen LogP contribution in [0.15, 0.2) is 18.2 Å². The molecular weight excluding hydrogens is 272 g/mol. The summed E-state index contributed by atoms with van der Waals surface area (Å²) in [5, 5.41) is 0.671. The third-order valence-electron chi connectivity index (χ3n) is 3.87. The SMILES string of the molecule is O=C(CSC1CCCCC1)c1ccc2c(c1)OCCO2. The molecule has 0 spiro atoms. The molecule has 0 atom stereocenters. The number of ether oxygens (including phenoxy) is 2. The van der Waals surface area contributed by atoms with E-state index < -0.39 is 0 Å². The van der Waals surface area contributed by atoms with E-state index in [9.17, 15) is 4.79 Å². The average Bonchev–Trinajstić information content (AvgIpc) is 2.53. The quantitative estimate of drug-likeness (QED) is 0.793. The molecule has 1 aromatic carbocycles. The Bertz CT molecular complexity index is 481. The minimum absolute atomic E-state index is 0.192. The van der Waals surface area contributed by atoms with Crippen LogP contribution in [0.25, 0.3) is 0 Å². The lowest BCUT2D eigenvalue weighted by Gasteiger charge is -2.21. The highest BCUT2D eigenvalue weighted by atomic mass is 32.2. The Hall–Kier alpha value is -1.16. The molecule has 108 valence electrons. The molecule has 20 heavy (non-hydrogen) atoms. The molecule has 2 aliphatic rings. The number of fused-ring (bicyclic) bond motifs is 1. The molecule has 3 nitrogen and oxygen atoms in total. The van der Waals surface area contributed by atoms with Gasteiger partial charge in [-0.25, -0.2) is 0 Å². The van der Waals surface area contributed by atoms with Gasteiger partial charge in [-0.1, -0.05) is 19.3 Å². The summed E-state index contributed by atoms with van der Waals surface area (Å²) in [7, 11) is 0. The second-order valence-electron chi connectivity index (χ2n) is 5.35. The molecule has 0 amide bonds. The van der Waals surface area contributed by atoms with Gasteiger partial charge in [-0.15, -0.1) is 0 Å². The molecule has 1 fully saturated rings. The molecule has 0 unspecified atom stereocenters. The third-order valence-corrected chi connectivity index (χ3v) is 5.24. The number of hydrogen-bond donors (Lipinski definition) is 0. The van der Waals surface area contributed by atoms with Crippen molar-refractivity contribution in [3.8, 4) is 11.5 Å². The van der Waals surface area contributed by atoms with Gasteiger partial charge in [-0.05, 0) is 31.0 Å². The zero-order valence-corrected chi connectivity index (χ0v) is 12.4. The molecule has 1 saturated carbocycles. The van der Waals surface area contributed by atoms with E-state index in [4.69, 9.17) is 9.47 Å². The first-order chi connectivity index (χ1) is 9.83. The van der Waals surface area contributed by atoms with Crippen LogP contribution in [0.5, 0.6) is 11.5 Å². The third kappa shape index (κ3) is 3.29. The van der Waals surface area contributed by atoms with Crippen LogP contribution in [0.3, 0.4) is 0 Å². The summed E-state index contributed by atoms with van der Waals surface area (Å²) in [6.45, 7) is 1.14. The Morgan fingerprint density at radius 1 is 1.10 bits per heavy atom. The fourth-order valence-corrected chi connectivity index (χ4v) is 3.95. The van der Waals surface area contributed by atoms with Crippen LogP contribution in [0.4, 0.5) is 0 Å². The molecule has 3 rings (SSSR count). The number of ketones is 1. The summed E-state index contributed by atoms with van der Waals surface area (Å²) in [4.78, 5) is 12.3. The van der Waals surface area contributed by atoms with Crippen molar-refractivity contribution in [2.24, 2.45) is 0 Å². The molecule has 1 aromatic rings. The van der Waals surface area contributed by atoms with Crippen LogP contribution >= 0.6 is 11.8 Å². The molecule has 1 aliphatic heterocycles. The Morgan fingerprint density at radius 3 is 2.65 bits per heavy atom. The van der Waals surface area contributed by atoms with Gasteiger partial charge in [0.1, 0.15) is 13.2 Å². The van der Waals surface area contributed by atoms with Crippen molar-refractivity contribution < 1.29 is 14.3 Å². The van der Waals surface area contributed by atoms with Crippen molar-refractivity contribution >= 4 is 17.5 Å². The first-order valence-electron chi connectivity index (χ1n) is 7.37. The number of Topliss-reactive ketones (excluding diaryl/α,β-unsaturated/α-hetero) is 1. The summed E-state index contributed by atoms with van der Waals surface area (Å²) < 4.78 is 11.0. The number of rotatable bonds is 4. The fraction of sp³-hybridized carbons (Fsp3) is 0.562. The van der Waals surface area contributed by atoms with Gasteiger partial charge in [0.05, 0.1) is 5.75 Å². The summed E-state index contributed by atoms with van der Waals surface area (Å²) in [6.07, 6.45) is 6.51. The molecule has 4 heteroatoms. The summed E-state index contributed by atoms with van der Waals surface area (Å²) in [5.74, 6) is 2.21. The Morgan fingerprint density at radius 2 is 1.85 bits per heavy atom. The lowest BCUT2D eigenvalue weighted by molar-refractivity contribution is 0.102. The van der Waals surface area contributed by atoms with Crippen LogP contribution in [-0.4, -0.2) is 30.0 Å². The van der Waals surface area contributed by atoms with Gasteiger partial charge < -0.3 is 9.47 Å². The van der Waals surface area contributed by atoms with Gasteiger partial charge in [-0.2, -0.15) is 11.8 Å². The van der Waals surface area contributed by atoms with Gasteiger partial charge in [0.15, 0.2) is 17.3 Å². The zero-order chi connectivity index (χ0) is 13.8. The minimum atomic E-state index is 0.192. The number of benzene rings is 1. The first kappa shape index (κ1) is 13.8. The van der Waals surface area contributed by atoms with E-state index in [0.29, 0.717) is 30.0 Å². The van der Waals surface area contributed by atoms with Crippen LogP contribution in [0.2, 0.25) is 0 Å². The van der Waals surface area contributed by atoms with Crippen molar-refractivity contribution in [2.45, 2.75) is 37.4 Å². The summed E-state index contributed by atoms with van der Waals surface area (Å²) >= 11 is 1.82. The predicted octanol–water partition coefficient (Wildman–Crippen LogP) is 3.71. The molecule has 0 aromatic heterocycles. The van der Waals surface area contributed by atoms with E-state index in [-0.39, 0.29) is 5.78 Å². The van der Waals surface area contributed by atoms with Crippen LogP contribution in [0, 0.1) is 0 Å². The first-order valence-corrected chi connectivity index (χ1v) is 8.42. The molecule has 0 bridgehead atoms. The largest absolute Gasteiger partial charge is 0.486 e. The highest BCUT2D eigenvalue weighted by Crippen LogP contribution is 2.32. The molecule has 0 N–H and O–H groups in total. The van der Waals surface area contributed by atoms with E-state index in [1.54, 1.807) is 0 Å². The number of thioether (sulfide) groups is 1. The number of hydrogen-bond acceptors (Lipinski definition) is 4. The molecule has 1 aliphatic carbocycles. The maximum absolute atomic E-state index is 12.3. The Kier molecular flexibility index (Phi) is 4.51. The molecule has 0 saturated heterocycles. The summed E-state index contributed by atoms with van der Waals surface area (Å²) in [6, 6.07) is 5.50. The highest BCUT2D eigenvalue weighted by molar-refractivity contribution is 8.00. The van der Waals surface area contributed by atoms with E-state index in [2.05, 4.69) is 0 Å². The van der Waals surface area contributed by atoms with Gasteiger partial charge >= 0.3 is 0 Å². The van der Waals surface area contributed by atoms with Crippen molar-refractivity contribution in [1.29, 1.82) is 0 Å². The maximum atomic E-state index is 12.3. The normalized spacial score (nSPS) is 18.8. The monoisotopic (exact) mass is 292 g/mol. The zero-order valence-electron chi connectivity index (χ0n) is 11.6. The van der Waals surface area contributed by atoms with Crippen molar-refractivity contribution in [3.63, 3.8) is 0 Å². The van der Waals surface area contributed by atoms with Crippen molar-refractivity contribution in [2.75, 3.05) is 19.0 Å². The van der Waals surface area contributed by atoms with Gasteiger partial charge in [0, 0.05) is 10.8 Å². The van der Waals surface area contributed by atoms with Crippen LogP contribution < -0.4 is 9.47 Å². The standard InChI is InChI=1S/C16H20O3S/c17-14(11-20-13-4-2-1-3-5-13)12-6-7-15-16(10-12)19-9-8-18-15/h6-7,10,13H,1-5,8-9,11H2. The fourth-order valence-electron chi connectivity index (χ4n) is 2.73. The lowest BCUT2D eigenvalue weighted by Crippen LogP contribution is -2.16. The Balaban J connectivity index is 1.59. The van der Waals surface area contributed by atoms with Gasteiger partial charge in [0.25, 0.3) is 0 Å². The second kappa shape index (κ2) is 6.53. The lowest BCUT2D eigenvalue weighted by atomic mass is 10.0. The topological polar surface area (TPSA) is 35.5 Å². The van der Waals surface area contributed by atoms with Crippen LogP contribution in [-0.2, 0) is 0 Å². The van der Waals surface area contributed by atoms with E-state index in [1.807, 2.05) is 30.0 Å². The Labute approximate surface area is 124 Å². The molecule has 1 heterocycles. The number of carbonyl (C=O) groups excluding carboxylic acids is 1. The van der Waals surface area contributed by atoms with Gasteiger partial charge in [-0.3, -0.25) is 4.79 Å². The average molecular weight is 292 g/mol. The smallest absolute Gasteiger partial charge is 0.172 e.